The molecule has 3 N–H and O–H groups in total. The molecule has 0 aromatic rings. The number of carbonyl (C=O) groups excluding carboxylic acids is 1. The van der Waals surface area contributed by atoms with E-state index in [1.165, 1.54) is 25.7 Å². The molecule has 1 amide bonds. The molecule has 134 valence electrons. The summed E-state index contributed by atoms with van der Waals surface area (Å²) < 4.78 is 5.19. The number of aliphatic imine (C=N–C) groups is 1. The van der Waals surface area contributed by atoms with Gasteiger partial charge in [0.15, 0.2) is 5.96 Å². The fourth-order valence-corrected chi connectivity index (χ4v) is 2.59. The molecule has 1 aliphatic rings. The van der Waals surface area contributed by atoms with Crippen molar-refractivity contribution in [2.45, 2.75) is 71.4 Å². The van der Waals surface area contributed by atoms with Gasteiger partial charge in [0.25, 0.3) is 0 Å². The number of guanidine groups is 1. The maximum atomic E-state index is 11.5. The first-order valence-electron chi connectivity index (χ1n) is 8.74. The van der Waals surface area contributed by atoms with E-state index in [0.29, 0.717) is 12.6 Å². The van der Waals surface area contributed by atoms with E-state index in [9.17, 15) is 4.79 Å². The minimum absolute atomic E-state index is 0.365. The van der Waals surface area contributed by atoms with Gasteiger partial charge in [-0.15, -0.1) is 0 Å². The second-order valence-electron chi connectivity index (χ2n) is 7.38. The van der Waals surface area contributed by atoms with Crippen molar-refractivity contribution < 1.29 is 9.53 Å². The average molecular weight is 326 g/mol. The summed E-state index contributed by atoms with van der Waals surface area (Å²) in [6.07, 6.45) is 5.45. The molecule has 1 saturated carbocycles. The number of rotatable bonds is 5. The maximum absolute atomic E-state index is 11.5. The summed E-state index contributed by atoms with van der Waals surface area (Å²) in [5.74, 6) is 1.70. The zero-order valence-corrected chi connectivity index (χ0v) is 15.4. The predicted molar refractivity (Wildman–Crippen MR) is 94.8 cm³/mol. The van der Waals surface area contributed by atoms with Gasteiger partial charge in [-0.2, -0.15) is 0 Å². The monoisotopic (exact) mass is 326 g/mol. The van der Waals surface area contributed by atoms with E-state index in [2.05, 4.69) is 27.9 Å². The van der Waals surface area contributed by atoms with Crippen molar-refractivity contribution >= 4 is 12.1 Å². The fourth-order valence-electron chi connectivity index (χ4n) is 2.59. The summed E-state index contributed by atoms with van der Waals surface area (Å²) in [7, 11) is 1.79. The van der Waals surface area contributed by atoms with Crippen LogP contribution in [0.25, 0.3) is 0 Å². The number of carbonyl (C=O) groups is 1. The molecule has 0 saturated heterocycles. The van der Waals surface area contributed by atoms with Crippen LogP contribution in [0.15, 0.2) is 4.99 Å². The average Bonchev–Trinajstić information content (AvgIpc) is 2.46. The molecule has 23 heavy (non-hydrogen) atoms. The first-order valence-corrected chi connectivity index (χ1v) is 8.74. The number of hydrogen-bond donors (Lipinski definition) is 3. The Morgan fingerprint density at radius 2 is 1.74 bits per heavy atom. The van der Waals surface area contributed by atoms with Crippen molar-refractivity contribution in [3.8, 4) is 0 Å². The highest BCUT2D eigenvalue weighted by molar-refractivity contribution is 5.79. The van der Waals surface area contributed by atoms with Crippen LogP contribution in [0.4, 0.5) is 4.79 Å². The quantitative estimate of drug-likeness (QED) is 0.412. The Morgan fingerprint density at radius 3 is 2.30 bits per heavy atom. The van der Waals surface area contributed by atoms with Gasteiger partial charge in [-0.25, -0.2) is 4.79 Å². The van der Waals surface area contributed by atoms with E-state index in [1.807, 2.05) is 20.8 Å². The highest BCUT2D eigenvalue weighted by Crippen LogP contribution is 2.23. The minimum atomic E-state index is -0.453. The van der Waals surface area contributed by atoms with E-state index in [-0.39, 0.29) is 6.09 Å². The van der Waals surface area contributed by atoms with E-state index < -0.39 is 5.60 Å². The molecule has 1 rings (SSSR count). The number of hydrogen-bond acceptors (Lipinski definition) is 3. The van der Waals surface area contributed by atoms with E-state index in [0.717, 1.165) is 24.8 Å². The minimum Gasteiger partial charge on any atom is -0.444 e. The molecular weight excluding hydrogens is 292 g/mol. The molecular formula is C17H34N4O2. The van der Waals surface area contributed by atoms with Gasteiger partial charge in [-0.3, -0.25) is 4.99 Å². The van der Waals surface area contributed by atoms with Crippen molar-refractivity contribution in [3.63, 3.8) is 0 Å². The van der Waals surface area contributed by atoms with Crippen LogP contribution in [0.1, 0.15) is 59.8 Å². The molecule has 1 aliphatic carbocycles. The van der Waals surface area contributed by atoms with E-state index >= 15 is 0 Å². The van der Waals surface area contributed by atoms with Gasteiger partial charge in [0.05, 0.1) is 0 Å². The summed E-state index contributed by atoms with van der Waals surface area (Å²) in [5.41, 5.74) is -0.453. The molecule has 0 aromatic carbocycles. The van der Waals surface area contributed by atoms with Gasteiger partial charge in [-0.05, 0) is 58.8 Å². The number of amides is 1. The Morgan fingerprint density at radius 1 is 1.13 bits per heavy atom. The number of ether oxygens (including phenoxy) is 1. The van der Waals surface area contributed by atoms with E-state index in [4.69, 9.17) is 4.74 Å². The number of nitrogens with one attached hydrogen (secondary N) is 3. The zero-order chi connectivity index (χ0) is 17.3. The first-order chi connectivity index (χ1) is 10.8. The summed E-state index contributed by atoms with van der Waals surface area (Å²) in [5, 5.41) is 9.54. The van der Waals surface area contributed by atoms with E-state index in [1.54, 1.807) is 7.05 Å². The Bertz CT molecular complexity index is 383. The molecule has 0 radical (unpaired) electrons. The lowest BCUT2D eigenvalue weighted by molar-refractivity contribution is 0.0527. The van der Waals surface area contributed by atoms with Crippen molar-refractivity contribution in [1.82, 2.24) is 16.0 Å². The first kappa shape index (κ1) is 19.6. The van der Waals surface area contributed by atoms with Crippen LogP contribution >= 0.6 is 0 Å². The molecule has 0 spiro atoms. The van der Waals surface area contributed by atoms with Crippen LogP contribution in [0.5, 0.6) is 0 Å². The Kier molecular flexibility index (Phi) is 8.20. The second-order valence-corrected chi connectivity index (χ2v) is 7.38. The molecule has 0 atom stereocenters. The third kappa shape index (κ3) is 9.31. The summed E-state index contributed by atoms with van der Waals surface area (Å²) in [6.45, 7) is 9.24. The zero-order valence-electron chi connectivity index (χ0n) is 15.4. The van der Waals surface area contributed by atoms with Crippen LogP contribution in [-0.4, -0.2) is 43.8 Å². The van der Waals surface area contributed by atoms with Crippen molar-refractivity contribution in [1.29, 1.82) is 0 Å². The Balaban J connectivity index is 2.12. The molecule has 0 aliphatic heterocycles. The molecule has 0 unspecified atom stereocenters. The number of alkyl carbamates (subject to hydrolysis) is 1. The fraction of sp³-hybridized carbons (Fsp3) is 0.882. The van der Waals surface area contributed by atoms with Gasteiger partial charge in [0, 0.05) is 26.2 Å². The predicted octanol–water partition coefficient (Wildman–Crippen LogP) is 2.64. The molecule has 0 aromatic heterocycles. The van der Waals surface area contributed by atoms with Crippen LogP contribution in [0.2, 0.25) is 0 Å². The maximum Gasteiger partial charge on any atom is 0.407 e. The smallest absolute Gasteiger partial charge is 0.407 e. The second kappa shape index (κ2) is 9.63. The lowest BCUT2D eigenvalue weighted by Gasteiger charge is -2.28. The van der Waals surface area contributed by atoms with Crippen molar-refractivity contribution in [2.75, 3.05) is 20.1 Å². The summed E-state index contributed by atoms with van der Waals surface area (Å²) in [4.78, 5) is 15.8. The molecule has 6 heteroatoms. The summed E-state index contributed by atoms with van der Waals surface area (Å²) in [6, 6.07) is 0.525. The van der Waals surface area contributed by atoms with Crippen molar-refractivity contribution in [3.05, 3.63) is 0 Å². The topological polar surface area (TPSA) is 74.8 Å². The molecule has 6 nitrogen and oxygen atoms in total. The Labute approximate surface area is 140 Å². The highest BCUT2D eigenvalue weighted by Gasteiger charge is 2.19. The van der Waals surface area contributed by atoms with Gasteiger partial charge < -0.3 is 20.7 Å². The van der Waals surface area contributed by atoms with Crippen molar-refractivity contribution in [2.24, 2.45) is 10.9 Å². The molecule has 0 heterocycles. The lowest BCUT2D eigenvalue weighted by Crippen LogP contribution is -2.45. The number of nitrogens with zero attached hydrogens (tertiary/aromatic N) is 1. The molecule has 0 bridgehead atoms. The normalized spacial score (nSPS) is 22.4. The van der Waals surface area contributed by atoms with Crippen LogP contribution in [0.3, 0.4) is 0 Å². The standard InChI is InChI=1S/C17H34N4O2/c1-13-7-9-14(10-8-13)21-15(18-5)19-11-6-12-20-16(22)23-17(2,3)4/h13-14H,6-12H2,1-5H3,(H,20,22)(H2,18,19,21). The third-order valence-corrected chi connectivity index (χ3v) is 3.89. The lowest BCUT2D eigenvalue weighted by atomic mass is 9.87. The van der Waals surface area contributed by atoms with Crippen LogP contribution < -0.4 is 16.0 Å². The van der Waals surface area contributed by atoms with Gasteiger partial charge in [-0.1, -0.05) is 6.92 Å². The SMILES string of the molecule is CN=C(NCCCNC(=O)OC(C)(C)C)NC1CCC(C)CC1. The summed E-state index contributed by atoms with van der Waals surface area (Å²) >= 11 is 0. The molecule has 1 fully saturated rings. The van der Waals surface area contributed by atoms with Gasteiger partial charge in [0.1, 0.15) is 5.60 Å². The Hall–Kier alpha value is -1.46. The van der Waals surface area contributed by atoms with Crippen LogP contribution in [0, 0.1) is 5.92 Å². The van der Waals surface area contributed by atoms with Gasteiger partial charge in [0.2, 0.25) is 0 Å². The largest absolute Gasteiger partial charge is 0.444 e. The highest BCUT2D eigenvalue weighted by atomic mass is 16.6. The third-order valence-electron chi connectivity index (χ3n) is 3.89. The van der Waals surface area contributed by atoms with Gasteiger partial charge >= 0.3 is 6.09 Å². The van der Waals surface area contributed by atoms with Crippen LogP contribution in [-0.2, 0) is 4.74 Å².